The summed E-state index contributed by atoms with van der Waals surface area (Å²) in [5.74, 6) is -1.04. The van der Waals surface area contributed by atoms with Crippen molar-refractivity contribution in [1.29, 1.82) is 0 Å². The lowest BCUT2D eigenvalue weighted by Crippen LogP contribution is -1.90. The summed E-state index contributed by atoms with van der Waals surface area (Å²) in [5, 5.41) is 19.7. The molecule has 0 saturated heterocycles. The highest BCUT2D eigenvalue weighted by Crippen LogP contribution is 2.56. The number of hydrogen-bond donors (Lipinski definition) is 0. The second-order valence-corrected chi connectivity index (χ2v) is 18.6. The SMILES string of the molecule is Cc1ccc(-c2ccc(-c3ccc(C)c(F)c3)c3c4cc5ccc6cc7c8c(-c9ccc(C)c(F)c9)ccc(-c9ccc(C)c(F)c9)c8c8ccc9c%10ccc(c23)c4c%10c5c6c9c87)cc1F. The molecule has 0 aliphatic heterocycles. The number of hydrogen-bond acceptors (Lipinski definition) is 0. The lowest BCUT2D eigenvalue weighted by Gasteiger charge is -2.19. The van der Waals surface area contributed by atoms with Gasteiger partial charge in [-0.2, -0.15) is 0 Å². The highest BCUT2D eigenvalue weighted by Gasteiger charge is 2.28. The predicted octanol–water partition coefficient (Wildman–Crippen LogP) is 18.3. The number of fused-ring (bicyclic) bond motifs is 7. The molecular formula is C62H36F4. The van der Waals surface area contributed by atoms with Crippen LogP contribution < -0.4 is 0 Å². The van der Waals surface area contributed by atoms with Crippen LogP contribution >= 0.6 is 0 Å². The molecule has 0 atom stereocenters. The van der Waals surface area contributed by atoms with Crippen LogP contribution in [0.15, 0.2) is 146 Å². The molecule has 0 N–H and O–H groups in total. The van der Waals surface area contributed by atoms with Crippen molar-refractivity contribution in [2.75, 3.05) is 0 Å². The van der Waals surface area contributed by atoms with Crippen LogP contribution in [0.3, 0.4) is 0 Å². The molecule has 0 fully saturated rings. The smallest absolute Gasteiger partial charge is 0.126 e. The Labute approximate surface area is 376 Å². The summed E-state index contributed by atoms with van der Waals surface area (Å²) in [6, 6.07) is 48.1. The Hall–Kier alpha value is -7.82. The summed E-state index contributed by atoms with van der Waals surface area (Å²) in [4.78, 5) is 0. The van der Waals surface area contributed by atoms with E-state index in [1.54, 1.807) is 52.0 Å². The Balaban J connectivity index is 1.16. The molecule has 14 rings (SSSR count). The van der Waals surface area contributed by atoms with E-state index in [-0.39, 0.29) is 23.3 Å². The van der Waals surface area contributed by atoms with Gasteiger partial charge in [-0.3, -0.25) is 0 Å². The molecule has 0 amide bonds. The van der Waals surface area contributed by atoms with Crippen LogP contribution in [0.5, 0.6) is 0 Å². The third-order valence-corrected chi connectivity index (χ3v) is 15.0. The van der Waals surface area contributed by atoms with Crippen LogP contribution in [-0.4, -0.2) is 0 Å². The van der Waals surface area contributed by atoms with Gasteiger partial charge in [0.25, 0.3) is 0 Å². The van der Waals surface area contributed by atoms with Gasteiger partial charge in [0.05, 0.1) is 0 Å². The maximum atomic E-state index is 15.4. The predicted molar refractivity (Wildman–Crippen MR) is 269 cm³/mol. The summed E-state index contributed by atoms with van der Waals surface area (Å²) in [7, 11) is 0. The molecule has 0 heterocycles. The van der Waals surface area contributed by atoms with Gasteiger partial charge < -0.3 is 0 Å². The zero-order valence-corrected chi connectivity index (χ0v) is 36.4. The van der Waals surface area contributed by atoms with E-state index in [0.717, 1.165) is 120 Å². The van der Waals surface area contributed by atoms with Crippen molar-refractivity contribution in [3.8, 4) is 44.5 Å². The zero-order valence-electron chi connectivity index (χ0n) is 36.4. The van der Waals surface area contributed by atoms with Gasteiger partial charge in [-0.05, 0) is 228 Å². The van der Waals surface area contributed by atoms with Gasteiger partial charge >= 0.3 is 0 Å². The summed E-state index contributed by atoms with van der Waals surface area (Å²) in [5.41, 5.74) is 9.17. The largest absolute Gasteiger partial charge is 0.207 e. The van der Waals surface area contributed by atoms with Gasteiger partial charge in [-0.25, -0.2) is 17.6 Å². The summed E-state index contributed by atoms with van der Waals surface area (Å²) >= 11 is 0. The molecule has 4 heteroatoms. The van der Waals surface area contributed by atoms with E-state index in [1.165, 1.54) is 21.5 Å². The standard InChI is InChI=1S/C62H36F4/c1-29-5-9-33(25-49(29)63)39-15-17-41(35-11-7-31(3)51(65)27-35)57-47-23-37-13-14-38-24-48-58-42(36-12-8-32(4)52(66)28-36)18-16-40(34-10-6-30(2)50(64)26-34)56(58)46-22-20-44-43-19-21-45(55(39)57)59(47)61(43)53(37)54(38)62(44)60(46)48/h5-28H,1-4H3. The molecule has 0 unspecified atom stereocenters. The number of aryl methyl sites for hydroxylation is 4. The minimum atomic E-state index is -0.261. The first-order valence-electron chi connectivity index (χ1n) is 22.4. The first kappa shape index (κ1) is 37.5. The van der Waals surface area contributed by atoms with Crippen molar-refractivity contribution in [1.82, 2.24) is 0 Å². The maximum absolute atomic E-state index is 15.4. The number of benzene rings is 12. The molecule has 312 valence electrons. The zero-order chi connectivity index (χ0) is 44.6. The Morgan fingerprint density at radius 3 is 0.818 bits per heavy atom. The van der Waals surface area contributed by atoms with Crippen molar-refractivity contribution in [3.63, 3.8) is 0 Å². The average molecular weight is 857 g/mol. The van der Waals surface area contributed by atoms with E-state index in [4.69, 9.17) is 0 Å². The second-order valence-electron chi connectivity index (χ2n) is 18.6. The van der Waals surface area contributed by atoms with Crippen LogP contribution in [0, 0.1) is 51.0 Å². The normalized spacial score (nSPS) is 12.5. The summed E-state index contributed by atoms with van der Waals surface area (Å²) in [6.45, 7) is 7.11. The van der Waals surface area contributed by atoms with E-state index in [2.05, 4.69) is 72.8 Å². The molecule has 0 aromatic heterocycles. The summed E-state index contributed by atoms with van der Waals surface area (Å²) < 4.78 is 61.6. The molecule has 0 saturated carbocycles. The molecule has 0 aliphatic rings. The quantitative estimate of drug-likeness (QED) is 0.0940. The third kappa shape index (κ3) is 4.78. The topological polar surface area (TPSA) is 0 Å². The lowest BCUT2D eigenvalue weighted by molar-refractivity contribution is 0.618. The molecule has 0 spiro atoms. The molecule has 0 aliphatic carbocycles. The van der Waals surface area contributed by atoms with Gasteiger partial charge in [0.2, 0.25) is 0 Å². The average Bonchev–Trinajstić information content (AvgIpc) is 3.84. The van der Waals surface area contributed by atoms with Crippen molar-refractivity contribution in [3.05, 3.63) is 191 Å². The molecule has 14 aromatic rings. The summed E-state index contributed by atoms with van der Waals surface area (Å²) in [6.07, 6.45) is 0. The van der Waals surface area contributed by atoms with Crippen molar-refractivity contribution < 1.29 is 17.6 Å². The van der Waals surface area contributed by atoms with E-state index in [0.29, 0.717) is 22.3 Å². The van der Waals surface area contributed by atoms with Gasteiger partial charge in [0.1, 0.15) is 23.3 Å². The van der Waals surface area contributed by atoms with Gasteiger partial charge in [-0.15, -0.1) is 0 Å². The minimum absolute atomic E-state index is 0.260. The Bertz CT molecular complexity index is 4140. The number of halogens is 4. The molecular weight excluding hydrogens is 821 g/mol. The van der Waals surface area contributed by atoms with Crippen molar-refractivity contribution in [2.45, 2.75) is 27.7 Å². The lowest BCUT2D eigenvalue weighted by atomic mass is 9.84. The highest BCUT2D eigenvalue weighted by molar-refractivity contribution is 6.51. The van der Waals surface area contributed by atoms with Gasteiger partial charge in [0, 0.05) is 0 Å². The first-order valence-corrected chi connectivity index (χ1v) is 22.4. The van der Waals surface area contributed by atoms with Gasteiger partial charge in [0.15, 0.2) is 0 Å². The first-order chi connectivity index (χ1) is 32.0. The van der Waals surface area contributed by atoms with Crippen molar-refractivity contribution >= 4 is 97.0 Å². The third-order valence-electron chi connectivity index (χ3n) is 15.0. The van der Waals surface area contributed by atoms with Crippen LogP contribution in [0.25, 0.3) is 141 Å². The van der Waals surface area contributed by atoms with E-state index >= 15 is 17.6 Å². The monoisotopic (exact) mass is 856 g/mol. The van der Waals surface area contributed by atoms with Crippen molar-refractivity contribution in [2.24, 2.45) is 0 Å². The fourth-order valence-corrected chi connectivity index (χ4v) is 11.7. The van der Waals surface area contributed by atoms with E-state index in [1.807, 2.05) is 48.5 Å². The molecule has 0 radical (unpaired) electrons. The second kappa shape index (κ2) is 12.9. The fourth-order valence-electron chi connectivity index (χ4n) is 11.7. The van der Waals surface area contributed by atoms with Crippen LogP contribution in [0.2, 0.25) is 0 Å². The molecule has 14 aromatic carbocycles. The Morgan fingerprint density at radius 1 is 0.227 bits per heavy atom. The molecule has 0 nitrogen and oxygen atoms in total. The van der Waals surface area contributed by atoms with Crippen LogP contribution in [-0.2, 0) is 0 Å². The molecule has 66 heavy (non-hydrogen) atoms. The number of rotatable bonds is 4. The van der Waals surface area contributed by atoms with Crippen LogP contribution in [0.1, 0.15) is 22.3 Å². The Kier molecular flexibility index (Phi) is 7.35. The van der Waals surface area contributed by atoms with Crippen LogP contribution in [0.4, 0.5) is 17.6 Å². The minimum Gasteiger partial charge on any atom is -0.207 e. The fraction of sp³-hybridized carbons (Fsp3) is 0.0645. The highest BCUT2D eigenvalue weighted by atomic mass is 19.1. The van der Waals surface area contributed by atoms with Gasteiger partial charge in [-0.1, -0.05) is 109 Å². The Morgan fingerprint density at radius 2 is 0.515 bits per heavy atom. The molecule has 0 bridgehead atoms. The van der Waals surface area contributed by atoms with E-state index < -0.39 is 0 Å². The maximum Gasteiger partial charge on any atom is 0.126 e. The van der Waals surface area contributed by atoms with E-state index in [9.17, 15) is 0 Å².